The van der Waals surface area contributed by atoms with Gasteiger partial charge in [-0.15, -0.1) is 0 Å². The van der Waals surface area contributed by atoms with Gasteiger partial charge in [0.15, 0.2) is 0 Å². The van der Waals surface area contributed by atoms with E-state index in [1.54, 1.807) is 14.2 Å². The second kappa shape index (κ2) is 6.46. The number of hydrogen-bond donors (Lipinski definition) is 0. The number of aromatic nitrogens is 1. The third-order valence-electron chi connectivity index (χ3n) is 4.21. The van der Waals surface area contributed by atoms with E-state index in [-0.39, 0.29) is 18.4 Å². The Morgan fingerprint density at radius 3 is 2.86 bits per heavy atom. The van der Waals surface area contributed by atoms with Gasteiger partial charge < -0.3 is 18.8 Å². The Bertz CT molecular complexity index is 727. The third-order valence-corrected chi connectivity index (χ3v) is 4.64. The predicted octanol–water partition coefficient (Wildman–Crippen LogP) is 3.63. The van der Waals surface area contributed by atoms with Crippen LogP contribution < -0.4 is 0 Å². The Kier molecular flexibility index (Phi) is 4.59. The van der Waals surface area contributed by atoms with E-state index in [2.05, 4.69) is 31.2 Å². The van der Waals surface area contributed by atoms with Gasteiger partial charge in [-0.3, -0.25) is 0 Å². The minimum atomic E-state index is -0.108. The average molecular weight is 319 g/mol. The van der Waals surface area contributed by atoms with Crippen molar-refractivity contribution in [1.82, 2.24) is 4.57 Å². The molecule has 118 valence electrons. The molecule has 1 fully saturated rings. The number of hydrogen-bond acceptors (Lipinski definition) is 4. The van der Waals surface area contributed by atoms with Gasteiger partial charge in [-0.05, 0) is 18.4 Å². The van der Waals surface area contributed by atoms with Crippen LogP contribution in [-0.4, -0.2) is 37.6 Å². The van der Waals surface area contributed by atoms with Crippen molar-refractivity contribution in [2.75, 3.05) is 20.8 Å². The molecule has 1 aliphatic rings. The zero-order chi connectivity index (χ0) is 15.7. The molecule has 0 radical (unpaired) electrons. The highest BCUT2D eigenvalue weighted by Crippen LogP contribution is 2.32. The molecule has 0 aliphatic carbocycles. The summed E-state index contributed by atoms with van der Waals surface area (Å²) in [6, 6.07) is 8.41. The Labute approximate surface area is 135 Å². The van der Waals surface area contributed by atoms with Crippen LogP contribution in [0.2, 0.25) is 0 Å². The molecule has 1 saturated heterocycles. The molecule has 1 aliphatic heterocycles. The van der Waals surface area contributed by atoms with Gasteiger partial charge in [0.25, 0.3) is 0 Å². The van der Waals surface area contributed by atoms with Crippen molar-refractivity contribution in [3.8, 4) is 0 Å². The van der Waals surface area contributed by atoms with Gasteiger partial charge in [0, 0.05) is 32.2 Å². The van der Waals surface area contributed by atoms with E-state index in [0.717, 1.165) is 21.8 Å². The normalized spacial score (nSPS) is 25.0. The highest BCUT2D eigenvalue weighted by atomic mass is 32.1. The lowest BCUT2D eigenvalue weighted by molar-refractivity contribution is -0.0609. The molecule has 0 spiro atoms. The first kappa shape index (κ1) is 15.6. The van der Waals surface area contributed by atoms with E-state index in [1.165, 1.54) is 5.56 Å². The summed E-state index contributed by atoms with van der Waals surface area (Å²) in [6.07, 6.45) is 2.65. The van der Waals surface area contributed by atoms with Crippen molar-refractivity contribution >= 4 is 23.0 Å². The monoisotopic (exact) mass is 319 g/mol. The first-order valence-electron chi connectivity index (χ1n) is 7.42. The van der Waals surface area contributed by atoms with E-state index in [9.17, 15) is 0 Å². The van der Waals surface area contributed by atoms with Crippen LogP contribution in [0.15, 0.2) is 30.5 Å². The quantitative estimate of drug-likeness (QED) is 0.806. The Balaban J connectivity index is 1.96. The van der Waals surface area contributed by atoms with E-state index >= 15 is 0 Å². The molecular formula is C17H21NO3S. The van der Waals surface area contributed by atoms with Gasteiger partial charge >= 0.3 is 0 Å². The lowest BCUT2D eigenvalue weighted by atomic mass is 10.1. The summed E-state index contributed by atoms with van der Waals surface area (Å²) < 4.78 is 19.6. The minimum Gasteiger partial charge on any atom is -0.382 e. The Morgan fingerprint density at radius 2 is 2.14 bits per heavy atom. The van der Waals surface area contributed by atoms with Crippen LogP contribution in [0.25, 0.3) is 10.8 Å². The number of fused-ring (bicyclic) bond motifs is 1. The minimum absolute atomic E-state index is 0.0283. The number of pyridine rings is 1. The van der Waals surface area contributed by atoms with Gasteiger partial charge in [-0.2, -0.15) is 0 Å². The molecule has 0 saturated carbocycles. The number of ether oxygens (including phenoxy) is 3. The molecule has 5 heteroatoms. The second-order valence-electron chi connectivity index (χ2n) is 5.71. The van der Waals surface area contributed by atoms with Crippen molar-refractivity contribution in [3.05, 3.63) is 40.7 Å². The van der Waals surface area contributed by atoms with Crippen molar-refractivity contribution < 1.29 is 14.2 Å². The number of nitrogens with zero attached hydrogens (tertiary/aromatic N) is 1. The highest BCUT2D eigenvalue weighted by Gasteiger charge is 2.36. The fourth-order valence-corrected chi connectivity index (χ4v) is 3.41. The van der Waals surface area contributed by atoms with Crippen molar-refractivity contribution in [2.45, 2.75) is 31.8 Å². The molecule has 1 unspecified atom stereocenters. The molecule has 0 bridgehead atoms. The van der Waals surface area contributed by atoms with Crippen LogP contribution in [0.3, 0.4) is 0 Å². The topological polar surface area (TPSA) is 32.6 Å². The lowest BCUT2D eigenvalue weighted by Gasteiger charge is -2.17. The zero-order valence-corrected chi connectivity index (χ0v) is 13.9. The Morgan fingerprint density at radius 1 is 1.32 bits per heavy atom. The number of methoxy groups -OCH3 is 2. The standard InChI is InChI=1S/C17H21NO3S/c1-11-4-5-13-12(8-11)6-7-18(17(13)22)16-9-14(20-3)15(21-16)10-19-2/h4-8,14-16H,9-10H2,1-3H3/t14-,15?,16-/m1/s1. The molecule has 1 aromatic carbocycles. The average Bonchev–Trinajstić information content (AvgIpc) is 2.90. The van der Waals surface area contributed by atoms with Crippen molar-refractivity contribution in [2.24, 2.45) is 0 Å². The molecule has 3 rings (SSSR count). The summed E-state index contributed by atoms with van der Waals surface area (Å²) in [6.45, 7) is 2.61. The zero-order valence-electron chi connectivity index (χ0n) is 13.1. The smallest absolute Gasteiger partial charge is 0.137 e. The molecule has 0 amide bonds. The summed E-state index contributed by atoms with van der Waals surface area (Å²) >= 11 is 5.66. The Hall–Kier alpha value is -1.27. The summed E-state index contributed by atoms with van der Waals surface area (Å²) in [4.78, 5) is 0. The van der Waals surface area contributed by atoms with Crippen molar-refractivity contribution in [1.29, 1.82) is 0 Å². The maximum Gasteiger partial charge on any atom is 0.137 e. The number of rotatable bonds is 4. The molecular weight excluding hydrogens is 298 g/mol. The van der Waals surface area contributed by atoms with Crippen molar-refractivity contribution in [3.63, 3.8) is 0 Å². The molecule has 22 heavy (non-hydrogen) atoms. The first-order chi connectivity index (χ1) is 10.6. The van der Waals surface area contributed by atoms with Crippen LogP contribution in [-0.2, 0) is 14.2 Å². The fourth-order valence-electron chi connectivity index (χ4n) is 3.04. The molecule has 4 nitrogen and oxygen atoms in total. The van der Waals surface area contributed by atoms with Gasteiger partial charge in [0.05, 0.1) is 12.7 Å². The first-order valence-corrected chi connectivity index (χ1v) is 7.83. The summed E-state index contributed by atoms with van der Waals surface area (Å²) in [5, 5.41) is 2.24. The van der Waals surface area contributed by atoms with Gasteiger partial charge in [0.2, 0.25) is 0 Å². The van der Waals surface area contributed by atoms with Crippen LogP contribution in [0.5, 0.6) is 0 Å². The fraction of sp³-hybridized carbons (Fsp3) is 0.471. The van der Waals surface area contributed by atoms with Gasteiger partial charge in [-0.1, -0.05) is 36.0 Å². The summed E-state index contributed by atoms with van der Waals surface area (Å²) in [5.74, 6) is 0. The van der Waals surface area contributed by atoms with Crippen LogP contribution in [0.4, 0.5) is 0 Å². The van der Waals surface area contributed by atoms with E-state index in [0.29, 0.717) is 6.61 Å². The van der Waals surface area contributed by atoms with Gasteiger partial charge in [0.1, 0.15) is 17.0 Å². The lowest BCUT2D eigenvalue weighted by Crippen LogP contribution is -2.27. The largest absolute Gasteiger partial charge is 0.382 e. The van der Waals surface area contributed by atoms with Gasteiger partial charge in [-0.25, -0.2) is 0 Å². The highest BCUT2D eigenvalue weighted by molar-refractivity contribution is 7.71. The second-order valence-corrected chi connectivity index (χ2v) is 6.10. The molecule has 2 aromatic rings. The van der Waals surface area contributed by atoms with E-state index in [1.807, 2.05) is 10.8 Å². The third kappa shape index (κ3) is 2.82. The predicted molar refractivity (Wildman–Crippen MR) is 88.7 cm³/mol. The number of benzene rings is 1. The summed E-state index contributed by atoms with van der Waals surface area (Å²) in [5.41, 5.74) is 1.23. The molecule has 1 aromatic heterocycles. The number of aryl methyl sites for hydroxylation is 1. The van der Waals surface area contributed by atoms with E-state index in [4.69, 9.17) is 26.4 Å². The van der Waals surface area contributed by atoms with E-state index < -0.39 is 0 Å². The molecule has 3 atom stereocenters. The van der Waals surface area contributed by atoms with Crippen LogP contribution >= 0.6 is 12.2 Å². The van der Waals surface area contributed by atoms with Crippen LogP contribution in [0.1, 0.15) is 18.2 Å². The molecule has 0 N–H and O–H groups in total. The summed E-state index contributed by atoms with van der Waals surface area (Å²) in [7, 11) is 3.38. The van der Waals surface area contributed by atoms with Crippen LogP contribution in [0, 0.1) is 11.6 Å². The maximum absolute atomic E-state index is 6.09. The molecule has 2 heterocycles. The SMILES string of the molecule is COCC1O[C@@H](n2ccc3cc(C)ccc3c2=S)C[C@H]1OC. The maximum atomic E-state index is 6.09.